The average molecular weight is 249 g/mol. The van der Waals surface area contributed by atoms with Gasteiger partial charge in [0.25, 0.3) is 0 Å². The number of benzene rings is 1. The number of carboxylic acids is 1. The zero-order valence-corrected chi connectivity index (χ0v) is 11.4. The molecule has 1 aromatic rings. The van der Waals surface area contributed by atoms with E-state index in [1.807, 2.05) is 6.07 Å². The first-order valence-electron chi connectivity index (χ1n) is 6.73. The van der Waals surface area contributed by atoms with E-state index in [9.17, 15) is 4.79 Å². The van der Waals surface area contributed by atoms with Gasteiger partial charge in [0.15, 0.2) is 0 Å². The van der Waals surface area contributed by atoms with Crippen LogP contribution in [0.15, 0.2) is 24.3 Å². The molecule has 0 aliphatic carbocycles. The molecule has 0 fully saturated rings. The fourth-order valence-electron chi connectivity index (χ4n) is 2.16. The van der Waals surface area contributed by atoms with Crippen LogP contribution in [0.4, 0.5) is 5.69 Å². The van der Waals surface area contributed by atoms with Gasteiger partial charge in [-0.2, -0.15) is 0 Å². The molecule has 1 N–H and O–H groups in total. The minimum Gasteiger partial charge on any atom is -0.481 e. The Morgan fingerprint density at radius 3 is 2.56 bits per heavy atom. The maximum Gasteiger partial charge on any atom is 0.303 e. The summed E-state index contributed by atoms with van der Waals surface area (Å²) >= 11 is 0. The average Bonchev–Trinajstić information content (AvgIpc) is 2.37. The number of rotatable bonds is 8. The number of anilines is 1. The molecule has 1 rings (SSSR count). The zero-order chi connectivity index (χ0) is 13.4. The predicted molar refractivity (Wildman–Crippen MR) is 75.2 cm³/mol. The van der Waals surface area contributed by atoms with Crippen LogP contribution >= 0.6 is 0 Å². The lowest BCUT2D eigenvalue weighted by atomic mass is 10.1. The van der Waals surface area contributed by atoms with Crippen molar-refractivity contribution >= 4 is 11.7 Å². The summed E-state index contributed by atoms with van der Waals surface area (Å²) in [5.74, 6) is -0.713. The van der Waals surface area contributed by atoms with Crippen molar-refractivity contribution in [1.29, 1.82) is 0 Å². The molecule has 0 saturated carbocycles. The molecule has 100 valence electrons. The number of nitrogens with zero attached hydrogens (tertiary/aromatic N) is 1. The van der Waals surface area contributed by atoms with Crippen molar-refractivity contribution in [1.82, 2.24) is 0 Å². The van der Waals surface area contributed by atoms with Crippen LogP contribution in [0.1, 0.15) is 38.7 Å². The van der Waals surface area contributed by atoms with Crippen molar-refractivity contribution in [2.24, 2.45) is 0 Å². The van der Waals surface area contributed by atoms with E-state index in [1.165, 1.54) is 11.3 Å². The van der Waals surface area contributed by atoms with Gasteiger partial charge in [-0.15, -0.1) is 0 Å². The molecule has 0 unspecified atom stereocenters. The highest BCUT2D eigenvalue weighted by Crippen LogP contribution is 2.21. The van der Waals surface area contributed by atoms with Crippen LogP contribution in [0.2, 0.25) is 0 Å². The summed E-state index contributed by atoms with van der Waals surface area (Å²) in [5.41, 5.74) is 2.59. The van der Waals surface area contributed by atoms with Gasteiger partial charge in [-0.3, -0.25) is 4.79 Å². The summed E-state index contributed by atoms with van der Waals surface area (Å²) in [6, 6.07) is 8.39. The molecule has 0 aliphatic rings. The molecule has 0 aliphatic heterocycles. The van der Waals surface area contributed by atoms with Gasteiger partial charge in [-0.25, -0.2) is 0 Å². The van der Waals surface area contributed by atoms with E-state index in [4.69, 9.17) is 5.11 Å². The van der Waals surface area contributed by atoms with Crippen LogP contribution in [0, 0.1) is 0 Å². The highest BCUT2D eigenvalue weighted by molar-refractivity contribution is 5.66. The molecule has 1 aromatic carbocycles. The van der Waals surface area contributed by atoms with E-state index in [0.717, 1.165) is 25.9 Å². The summed E-state index contributed by atoms with van der Waals surface area (Å²) < 4.78 is 0. The number of hydrogen-bond donors (Lipinski definition) is 1. The lowest BCUT2D eigenvalue weighted by Gasteiger charge is -2.26. The van der Waals surface area contributed by atoms with E-state index in [2.05, 4.69) is 36.9 Å². The third-order valence-corrected chi connectivity index (χ3v) is 3.03. The van der Waals surface area contributed by atoms with Crippen molar-refractivity contribution in [3.05, 3.63) is 29.8 Å². The van der Waals surface area contributed by atoms with Crippen LogP contribution in [0.5, 0.6) is 0 Å². The van der Waals surface area contributed by atoms with Crippen LogP contribution in [-0.4, -0.2) is 24.2 Å². The Hall–Kier alpha value is -1.51. The van der Waals surface area contributed by atoms with Crippen molar-refractivity contribution in [3.8, 4) is 0 Å². The highest BCUT2D eigenvalue weighted by atomic mass is 16.4. The lowest BCUT2D eigenvalue weighted by Crippen LogP contribution is -2.26. The Bertz CT molecular complexity index is 377. The first-order chi connectivity index (χ1) is 8.69. The van der Waals surface area contributed by atoms with Crippen LogP contribution in [-0.2, 0) is 11.2 Å². The molecule has 0 atom stereocenters. The van der Waals surface area contributed by atoms with E-state index in [1.54, 1.807) is 0 Å². The molecule has 18 heavy (non-hydrogen) atoms. The topological polar surface area (TPSA) is 40.5 Å². The fraction of sp³-hybridized carbons (Fsp3) is 0.533. The Morgan fingerprint density at radius 2 is 1.94 bits per heavy atom. The number of carboxylic acid groups (broad SMARTS) is 1. The first kappa shape index (κ1) is 14.6. The van der Waals surface area contributed by atoms with Crippen LogP contribution in [0.3, 0.4) is 0 Å². The van der Waals surface area contributed by atoms with Crippen molar-refractivity contribution in [3.63, 3.8) is 0 Å². The SMILES string of the molecule is CCCN(CCCC(=O)O)c1ccccc1CC. The minimum atomic E-state index is -0.713. The van der Waals surface area contributed by atoms with Gasteiger partial charge in [0.1, 0.15) is 0 Å². The summed E-state index contributed by atoms with van der Waals surface area (Å²) in [6.07, 6.45) is 3.03. The van der Waals surface area contributed by atoms with Crippen LogP contribution in [0.25, 0.3) is 0 Å². The second kappa shape index (κ2) is 7.75. The van der Waals surface area contributed by atoms with Crippen molar-refractivity contribution in [2.75, 3.05) is 18.0 Å². The predicted octanol–water partition coefficient (Wildman–Crippen LogP) is 3.33. The van der Waals surface area contributed by atoms with Gasteiger partial charge in [-0.1, -0.05) is 32.0 Å². The lowest BCUT2D eigenvalue weighted by molar-refractivity contribution is -0.137. The van der Waals surface area contributed by atoms with Crippen molar-refractivity contribution < 1.29 is 9.90 Å². The fourth-order valence-corrected chi connectivity index (χ4v) is 2.16. The van der Waals surface area contributed by atoms with Gasteiger partial charge in [0.2, 0.25) is 0 Å². The maximum atomic E-state index is 10.6. The molecule has 0 bridgehead atoms. The van der Waals surface area contributed by atoms with E-state index in [0.29, 0.717) is 6.42 Å². The minimum absolute atomic E-state index is 0.245. The molecule has 0 saturated heterocycles. The second-order valence-corrected chi connectivity index (χ2v) is 4.47. The Morgan fingerprint density at radius 1 is 1.22 bits per heavy atom. The van der Waals surface area contributed by atoms with Gasteiger partial charge in [0, 0.05) is 25.2 Å². The van der Waals surface area contributed by atoms with E-state index < -0.39 is 5.97 Å². The first-order valence-corrected chi connectivity index (χ1v) is 6.73. The molecule has 3 nitrogen and oxygen atoms in total. The zero-order valence-electron chi connectivity index (χ0n) is 11.4. The van der Waals surface area contributed by atoms with Crippen LogP contribution < -0.4 is 4.90 Å². The molecule has 0 radical (unpaired) electrons. The number of aliphatic carboxylic acids is 1. The summed E-state index contributed by atoms with van der Waals surface area (Å²) in [4.78, 5) is 12.9. The van der Waals surface area contributed by atoms with Gasteiger partial charge < -0.3 is 10.0 Å². The number of aryl methyl sites for hydroxylation is 1. The standard InChI is InChI=1S/C15H23NO2/c1-3-11-16(12-7-10-15(17)18)14-9-6-5-8-13(14)4-2/h5-6,8-9H,3-4,7,10-12H2,1-2H3,(H,17,18). The molecular formula is C15H23NO2. The third kappa shape index (κ3) is 4.40. The monoisotopic (exact) mass is 249 g/mol. The normalized spacial score (nSPS) is 10.3. The molecule has 0 spiro atoms. The number of para-hydroxylation sites is 1. The second-order valence-electron chi connectivity index (χ2n) is 4.47. The molecule has 0 amide bonds. The molecule has 0 heterocycles. The summed E-state index contributed by atoms with van der Waals surface area (Å²) in [7, 11) is 0. The van der Waals surface area contributed by atoms with Crippen molar-refractivity contribution in [2.45, 2.75) is 39.5 Å². The quantitative estimate of drug-likeness (QED) is 0.768. The Kier molecular flexibility index (Phi) is 6.26. The molecular weight excluding hydrogens is 226 g/mol. The van der Waals surface area contributed by atoms with Gasteiger partial charge in [0.05, 0.1) is 0 Å². The number of carbonyl (C=O) groups is 1. The third-order valence-electron chi connectivity index (χ3n) is 3.03. The van der Waals surface area contributed by atoms with Gasteiger partial charge >= 0.3 is 5.97 Å². The number of hydrogen-bond acceptors (Lipinski definition) is 2. The largest absolute Gasteiger partial charge is 0.481 e. The molecule has 0 aromatic heterocycles. The Labute approximate surface area is 109 Å². The van der Waals surface area contributed by atoms with E-state index in [-0.39, 0.29) is 6.42 Å². The Balaban J connectivity index is 2.73. The highest BCUT2D eigenvalue weighted by Gasteiger charge is 2.09. The smallest absolute Gasteiger partial charge is 0.303 e. The van der Waals surface area contributed by atoms with E-state index >= 15 is 0 Å². The van der Waals surface area contributed by atoms with Gasteiger partial charge in [-0.05, 0) is 30.9 Å². The summed E-state index contributed by atoms with van der Waals surface area (Å²) in [6.45, 7) is 6.10. The maximum absolute atomic E-state index is 10.6. The molecule has 3 heteroatoms. The summed E-state index contributed by atoms with van der Waals surface area (Å²) in [5, 5.41) is 8.71.